The van der Waals surface area contributed by atoms with Gasteiger partial charge in [-0.15, -0.1) is 0 Å². The van der Waals surface area contributed by atoms with Crippen LogP contribution in [0.15, 0.2) is 30.4 Å². The monoisotopic (exact) mass is 664 g/mol. The number of phenolic OH excluding ortho intramolecular Hbond substituents is 2. The Labute approximate surface area is 274 Å². The molecule has 4 unspecified atom stereocenters. The van der Waals surface area contributed by atoms with Gasteiger partial charge in [0.25, 0.3) is 11.8 Å². The van der Waals surface area contributed by atoms with Gasteiger partial charge in [0.05, 0.1) is 42.6 Å². The number of phenols is 2. The van der Waals surface area contributed by atoms with Crippen LogP contribution in [0.25, 0.3) is 0 Å². The van der Waals surface area contributed by atoms with E-state index in [-0.39, 0.29) is 84.2 Å². The van der Waals surface area contributed by atoms with Crippen LogP contribution in [0.4, 0.5) is 0 Å². The summed E-state index contributed by atoms with van der Waals surface area (Å²) in [4.78, 5) is 75.9. The second-order valence-electron chi connectivity index (χ2n) is 12.0. The molecule has 2 aliphatic carbocycles. The van der Waals surface area contributed by atoms with Crippen molar-refractivity contribution in [1.29, 1.82) is 0 Å². The number of aliphatic hydroxyl groups excluding tert-OH is 2. The summed E-state index contributed by atoms with van der Waals surface area (Å²) >= 11 is 0. The van der Waals surface area contributed by atoms with Gasteiger partial charge in [-0.3, -0.25) is 33.7 Å². The number of aromatic hydroxyl groups is 2. The molecular weight excluding hydrogens is 628 g/mol. The summed E-state index contributed by atoms with van der Waals surface area (Å²) in [6.45, 7) is 1.34. The van der Waals surface area contributed by atoms with Gasteiger partial charge in [-0.2, -0.15) is 0 Å². The average molecular weight is 665 g/mol. The van der Waals surface area contributed by atoms with E-state index in [1.165, 1.54) is 19.2 Å². The summed E-state index contributed by atoms with van der Waals surface area (Å²) in [5.41, 5.74) is -0.0165. The highest BCUT2D eigenvalue weighted by atomic mass is 16.6. The molecule has 14 nitrogen and oxygen atoms in total. The van der Waals surface area contributed by atoms with E-state index in [2.05, 4.69) is 5.32 Å². The summed E-state index contributed by atoms with van der Waals surface area (Å²) in [6.07, 6.45) is 2.45. The highest BCUT2D eigenvalue weighted by Crippen LogP contribution is 2.47. The molecule has 14 heteroatoms. The summed E-state index contributed by atoms with van der Waals surface area (Å²) in [6, 6.07) is 4.52. The van der Waals surface area contributed by atoms with Crippen molar-refractivity contribution in [2.75, 3.05) is 20.2 Å². The summed E-state index contributed by atoms with van der Waals surface area (Å²) in [5.74, 6) is -4.40. The number of nitrogens with one attached hydrogen (secondary N) is 1. The Bertz CT molecular complexity index is 1710. The number of amides is 3. The lowest BCUT2D eigenvalue weighted by Gasteiger charge is -2.29. The molecule has 0 radical (unpaired) electrons. The normalized spacial score (nSPS) is 22.7. The van der Waals surface area contributed by atoms with Crippen molar-refractivity contribution in [3.63, 3.8) is 0 Å². The van der Waals surface area contributed by atoms with Gasteiger partial charge in [0, 0.05) is 54.1 Å². The number of ether oxygens (including phenoxy) is 2. The van der Waals surface area contributed by atoms with E-state index >= 15 is 0 Å². The summed E-state index contributed by atoms with van der Waals surface area (Å²) < 4.78 is 10.1. The van der Waals surface area contributed by atoms with Crippen molar-refractivity contribution in [3.05, 3.63) is 63.7 Å². The van der Waals surface area contributed by atoms with Gasteiger partial charge in [0.2, 0.25) is 11.7 Å². The summed E-state index contributed by atoms with van der Waals surface area (Å²) in [5, 5.41) is 42.6. The first-order chi connectivity index (χ1) is 22.8. The van der Waals surface area contributed by atoms with Crippen LogP contribution in [-0.2, 0) is 36.8 Å². The number of methoxy groups -OCH3 is 1. The first kappa shape index (κ1) is 34.4. The van der Waals surface area contributed by atoms with E-state index in [0.717, 1.165) is 17.1 Å². The Morgan fingerprint density at radius 1 is 0.938 bits per heavy atom. The first-order valence-electron chi connectivity index (χ1n) is 15.5. The van der Waals surface area contributed by atoms with Gasteiger partial charge >= 0.3 is 0 Å². The van der Waals surface area contributed by atoms with Crippen LogP contribution in [0.1, 0.15) is 75.6 Å². The van der Waals surface area contributed by atoms with Gasteiger partial charge in [0.1, 0.15) is 17.2 Å². The van der Waals surface area contributed by atoms with Crippen LogP contribution in [0.5, 0.6) is 17.2 Å². The third-order valence-electron chi connectivity index (χ3n) is 9.03. The third-order valence-corrected chi connectivity index (χ3v) is 9.03. The van der Waals surface area contributed by atoms with Crippen LogP contribution in [0, 0.1) is 5.92 Å². The van der Waals surface area contributed by atoms with Crippen molar-refractivity contribution >= 4 is 35.1 Å². The number of hydrogen-bond acceptors (Lipinski definition) is 12. The van der Waals surface area contributed by atoms with E-state index in [0.29, 0.717) is 18.4 Å². The highest BCUT2D eigenvalue weighted by Gasteiger charge is 2.41. The fourth-order valence-corrected chi connectivity index (χ4v) is 6.32. The fraction of sp³-hybridized carbons (Fsp3) is 0.412. The predicted octanol–water partition coefficient (Wildman–Crippen LogP) is 0.852. The lowest BCUT2D eigenvalue weighted by Crippen LogP contribution is -2.38. The molecule has 48 heavy (non-hydrogen) atoms. The zero-order chi connectivity index (χ0) is 34.9. The number of Topliss-reactive ketones (excluding diaryl/α,β-unsaturated/α-hetero) is 1. The molecule has 1 saturated heterocycles. The van der Waals surface area contributed by atoms with E-state index in [1.807, 2.05) is 0 Å². The second kappa shape index (κ2) is 14.1. The molecule has 0 aromatic heterocycles. The van der Waals surface area contributed by atoms with Gasteiger partial charge < -0.3 is 35.2 Å². The van der Waals surface area contributed by atoms with Crippen molar-refractivity contribution in [3.8, 4) is 17.2 Å². The van der Waals surface area contributed by atoms with Crippen LogP contribution in [0.3, 0.4) is 0 Å². The van der Waals surface area contributed by atoms with Gasteiger partial charge in [0.15, 0.2) is 17.9 Å². The molecular formula is C34H36N2O12. The Kier molecular flexibility index (Phi) is 10.1. The fourth-order valence-electron chi connectivity index (χ4n) is 6.32. The molecule has 2 heterocycles. The molecule has 0 bridgehead atoms. The first-order valence-corrected chi connectivity index (χ1v) is 15.5. The minimum absolute atomic E-state index is 0.00556. The minimum Gasteiger partial charge on any atom is -0.507 e. The molecule has 6 rings (SSSR count). The molecule has 2 aromatic rings. The quantitative estimate of drug-likeness (QED) is 0.176. The summed E-state index contributed by atoms with van der Waals surface area (Å²) in [7, 11) is 1.36. The number of nitrogens with zero attached hydrogens (tertiary/aromatic N) is 1. The molecule has 254 valence electrons. The maximum Gasteiger partial charge on any atom is 0.253 e. The number of aliphatic hydroxyl groups is 2. The van der Waals surface area contributed by atoms with E-state index in [1.54, 1.807) is 13.0 Å². The third kappa shape index (κ3) is 6.59. The topological polar surface area (TPSA) is 217 Å². The van der Waals surface area contributed by atoms with E-state index in [9.17, 15) is 39.0 Å². The van der Waals surface area contributed by atoms with Crippen LogP contribution < -0.4 is 10.1 Å². The van der Waals surface area contributed by atoms with Crippen molar-refractivity contribution in [1.82, 2.24) is 10.2 Å². The molecule has 2 aliphatic heterocycles. The minimum atomic E-state index is -0.664. The predicted molar refractivity (Wildman–Crippen MR) is 165 cm³/mol. The van der Waals surface area contributed by atoms with Gasteiger partial charge in [-0.05, 0) is 38.7 Å². The molecule has 4 aliphatic rings. The number of carbonyl (C=O) groups is 6. The zero-order valence-electron chi connectivity index (χ0n) is 26.4. The van der Waals surface area contributed by atoms with Crippen molar-refractivity contribution in [2.24, 2.45) is 5.92 Å². The Morgan fingerprint density at radius 2 is 1.60 bits per heavy atom. The van der Waals surface area contributed by atoms with Gasteiger partial charge in [-0.1, -0.05) is 12.1 Å². The Morgan fingerprint density at radius 3 is 2.25 bits per heavy atom. The number of fused-ring (bicyclic) bond motifs is 3. The Balaban J connectivity index is 0.000000434. The lowest BCUT2D eigenvalue weighted by molar-refractivity contribution is -0.192. The van der Waals surface area contributed by atoms with Crippen LogP contribution >= 0.6 is 0 Å². The van der Waals surface area contributed by atoms with Crippen molar-refractivity contribution < 1.29 is 58.7 Å². The maximum atomic E-state index is 13.3. The SMILES string of the molecule is CC1OC(O)CCC1O.COc1cccc2c1C(=O)c1c(O)c3c(c(O)c1C2=O)CC(C(=O)CNC(=O)CCN1C(=O)C=CC1=O)CC3. The maximum absolute atomic E-state index is 13.3. The molecule has 0 spiro atoms. The highest BCUT2D eigenvalue weighted by molar-refractivity contribution is 6.31. The van der Waals surface area contributed by atoms with E-state index < -0.39 is 59.1 Å². The zero-order valence-corrected chi connectivity index (χ0v) is 26.4. The molecule has 2 aromatic carbocycles. The molecule has 4 atom stereocenters. The average Bonchev–Trinajstić information content (AvgIpc) is 3.40. The van der Waals surface area contributed by atoms with E-state index in [4.69, 9.17) is 19.7 Å². The lowest BCUT2D eigenvalue weighted by atomic mass is 9.74. The number of benzene rings is 2. The van der Waals surface area contributed by atoms with Crippen LogP contribution in [0.2, 0.25) is 0 Å². The standard InChI is InChI=1S/C28H24N2O9.C6H12O3/c1-39-18-4-2-3-15-22(18)28(38)24-23(26(15)36)27(37)16-11-13(5-6-14(16)25(24)35)17(31)12-29-19(32)9-10-30-20(33)7-8-21(30)34;1-4-5(7)2-3-6(8)9-4/h2-4,7-8,13,35,37H,5-6,9-12H2,1H3,(H,29,32);4-8H,2-3H2,1H3. The van der Waals surface area contributed by atoms with Gasteiger partial charge in [-0.25, -0.2) is 0 Å². The van der Waals surface area contributed by atoms with Crippen molar-refractivity contribution in [2.45, 2.75) is 63.9 Å². The van der Waals surface area contributed by atoms with Crippen LogP contribution in [-0.4, -0.2) is 99.1 Å². The molecule has 3 amide bonds. The number of hydrogen-bond donors (Lipinski definition) is 5. The molecule has 5 N–H and O–H groups in total. The Hall–Kier alpha value is -4.92. The molecule has 0 saturated carbocycles. The largest absolute Gasteiger partial charge is 0.507 e. The molecule has 1 fully saturated rings. The second-order valence-corrected chi connectivity index (χ2v) is 12.0. The number of carbonyl (C=O) groups excluding carboxylic acids is 6. The number of imide groups is 1. The number of rotatable bonds is 7. The smallest absolute Gasteiger partial charge is 0.253 e. The number of ketones is 3.